The van der Waals surface area contributed by atoms with Gasteiger partial charge in [-0.1, -0.05) is 15.9 Å². The minimum absolute atomic E-state index is 0.308. The van der Waals surface area contributed by atoms with E-state index in [1.165, 1.54) is 0 Å². The van der Waals surface area contributed by atoms with Gasteiger partial charge < -0.3 is 4.74 Å². The summed E-state index contributed by atoms with van der Waals surface area (Å²) in [6, 6.07) is 1.69. The molecule has 50 valence electrons. The zero-order valence-corrected chi connectivity index (χ0v) is 6.51. The van der Waals surface area contributed by atoms with Crippen LogP contribution >= 0.6 is 15.9 Å². The van der Waals surface area contributed by atoms with E-state index < -0.39 is 10.8 Å². The number of carbonyl (C=O) groups is 1. The molecule has 0 aromatic heterocycles. The van der Waals surface area contributed by atoms with Gasteiger partial charge in [-0.2, -0.15) is 5.26 Å². The van der Waals surface area contributed by atoms with Crippen LogP contribution in [0.25, 0.3) is 0 Å². The van der Waals surface area contributed by atoms with Gasteiger partial charge in [0.15, 0.2) is 4.83 Å². The number of nitrogens with zero attached hydrogens (tertiary/aromatic N) is 1. The molecular weight excluding hydrogens is 186 g/mol. The molecule has 0 heterocycles. The van der Waals surface area contributed by atoms with E-state index in [-0.39, 0.29) is 0 Å². The molecule has 0 rings (SSSR count). The van der Waals surface area contributed by atoms with Crippen molar-refractivity contribution in [2.75, 3.05) is 6.61 Å². The quantitative estimate of drug-likeness (QED) is 0.481. The number of nitriles is 1. The largest absolute Gasteiger partial charge is 0.464 e. The normalized spacial score (nSPS) is 11.7. The molecule has 0 saturated heterocycles. The van der Waals surface area contributed by atoms with Crippen molar-refractivity contribution in [1.82, 2.24) is 0 Å². The molecule has 0 aliphatic heterocycles. The SMILES string of the molecule is CCOC(=O)[C@H](Br)C#N. The number of rotatable bonds is 2. The maximum Gasteiger partial charge on any atom is 0.334 e. The first-order valence-electron chi connectivity index (χ1n) is 2.42. The summed E-state index contributed by atoms with van der Waals surface area (Å²) >= 11 is 2.81. The molecular formula is C5H6BrNO2. The zero-order valence-electron chi connectivity index (χ0n) is 4.93. The molecule has 0 amide bonds. The lowest BCUT2D eigenvalue weighted by Crippen LogP contribution is -2.14. The third-order valence-electron chi connectivity index (χ3n) is 0.607. The molecule has 0 radical (unpaired) electrons. The lowest BCUT2D eigenvalue weighted by atomic mass is 10.5. The summed E-state index contributed by atoms with van der Waals surface area (Å²) in [5, 5.41) is 8.13. The molecule has 0 aromatic rings. The summed E-state index contributed by atoms with van der Waals surface area (Å²) in [5.74, 6) is -0.528. The molecule has 0 aliphatic rings. The minimum Gasteiger partial charge on any atom is -0.464 e. The maximum atomic E-state index is 10.5. The summed E-state index contributed by atoms with van der Waals surface area (Å²) in [7, 11) is 0. The van der Waals surface area contributed by atoms with Crippen LogP contribution in [0.4, 0.5) is 0 Å². The Hall–Kier alpha value is -0.560. The Labute approximate surface area is 61.7 Å². The predicted octanol–water partition coefficient (Wildman–Crippen LogP) is 0.837. The molecule has 0 N–H and O–H groups in total. The lowest BCUT2D eigenvalue weighted by Gasteiger charge is -1.98. The van der Waals surface area contributed by atoms with E-state index in [1.807, 2.05) is 0 Å². The third-order valence-corrected chi connectivity index (χ3v) is 1.19. The van der Waals surface area contributed by atoms with Crippen molar-refractivity contribution in [1.29, 1.82) is 5.26 Å². The molecule has 0 aromatic carbocycles. The second-order valence-electron chi connectivity index (χ2n) is 1.24. The van der Waals surface area contributed by atoms with E-state index in [0.717, 1.165) is 0 Å². The second-order valence-corrected chi connectivity index (χ2v) is 2.16. The van der Waals surface area contributed by atoms with Gasteiger partial charge in [-0.3, -0.25) is 0 Å². The number of hydrogen-bond donors (Lipinski definition) is 0. The van der Waals surface area contributed by atoms with Gasteiger partial charge in [0.2, 0.25) is 0 Å². The summed E-state index contributed by atoms with van der Waals surface area (Å²) in [6.45, 7) is 2.00. The van der Waals surface area contributed by atoms with Crippen LogP contribution in [0.2, 0.25) is 0 Å². The third kappa shape index (κ3) is 3.09. The predicted molar refractivity (Wildman–Crippen MR) is 35.0 cm³/mol. The Morgan fingerprint density at radius 1 is 2.00 bits per heavy atom. The minimum atomic E-state index is -0.822. The molecule has 0 bridgehead atoms. The molecule has 0 aliphatic carbocycles. The van der Waals surface area contributed by atoms with Crippen molar-refractivity contribution >= 4 is 21.9 Å². The Morgan fingerprint density at radius 3 is 2.89 bits per heavy atom. The summed E-state index contributed by atoms with van der Waals surface area (Å²) in [4.78, 5) is 9.66. The van der Waals surface area contributed by atoms with E-state index >= 15 is 0 Å². The fraction of sp³-hybridized carbons (Fsp3) is 0.600. The van der Waals surface area contributed by atoms with Crippen molar-refractivity contribution in [3.8, 4) is 6.07 Å². The van der Waals surface area contributed by atoms with E-state index in [0.29, 0.717) is 6.61 Å². The standard InChI is InChI=1S/C5H6BrNO2/c1-2-9-5(8)4(6)3-7/h4H,2H2,1H3/t4-/m1/s1. The summed E-state index contributed by atoms with van der Waals surface area (Å²) < 4.78 is 4.49. The Bertz CT molecular complexity index is 140. The first-order valence-corrected chi connectivity index (χ1v) is 3.34. The zero-order chi connectivity index (χ0) is 7.28. The molecule has 1 atom stereocenters. The molecule has 0 saturated carbocycles. The molecule has 3 nitrogen and oxygen atoms in total. The first kappa shape index (κ1) is 8.44. The number of alkyl halides is 1. The average Bonchev–Trinajstić information content (AvgIpc) is 1.87. The molecule has 9 heavy (non-hydrogen) atoms. The lowest BCUT2D eigenvalue weighted by molar-refractivity contribution is -0.141. The highest BCUT2D eigenvalue weighted by molar-refractivity contribution is 9.10. The Morgan fingerprint density at radius 2 is 2.56 bits per heavy atom. The topological polar surface area (TPSA) is 50.1 Å². The molecule has 4 heteroatoms. The van der Waals surface area contributed by atoms with Crippen LogP contribution in [0.1, 0.15) is 6.92 Å². The summed E-state index contributed by atoms with van der Waals surface area (Å²) in [6.07, 6.45) is 0. The van der Waals surface area contributed by atoms with E-state index in [9.17, 15) is 4.79 Å². The molecule has 0 fully saturated rings. The van der Waals surface area contributed by atoms with Gasteiger partial charge in [0, 0.05) is 0 Å². The molecule has 0 unspecified atom stereocenters. The van der Waals surface area contributed by atoms with Crippen molar-refractivity contribution in [3.05, 3.63) is 0 Å². The van der Waals surface area contributed by atoms with Crippen LogP contribution in [0, 0.1) is 11.3 Å². The maximum absolute atomic E-state index is 10.5. The summed E-state index contributed by atoms with van der Waals surface area (Å²) in [5.41, 5.74) is 0. The van der Waals surface area contributed by atoms with Gasteiger partial charge >= 0.3 is 5.97 Å². The van der Waals surface area contributed by atoms with E-state index in [4.69, 9.17) is 5.26 Å². The highest BCUT2D eigenvalue weighted by Gasteiger charge is 2.13. The Balaban J connectivity index is 3.63. The van der Waals surface area contributed by atoms with Crippen LogP contribution < -0.4 is 0 Å². The van der Waals surface area contributed by atoms with Crippen molar-refractivity contribution in [3.63, 3.8) is 0 Å². The number of halogens is 1. The average molecular weight is 192 g/mol. The van der Waals surface area contributed by atoms with Crippen molar-refractivity contribution in [2.45, 2.75) is 11.8 Å². The van der Waals surface area contributed by atoms with Gasteiger partial charge in [0.25, 0.3) is 0 Å². The monoisotopic (exact) mass is 191 g/mol. The molecule has 0 spiro atoms. The highest BCUT2D eigenvalue weighted by Crippen LogP contribution is 1.98. The van der Waals surface area contributed by atoms with Crippen molar-refractivity contribution in [2.24, 2.45) is 0 Å². The van der Waals surface area contributed by atoms with Gasteiger partial charge in [-0.25, -0.2) is 4.79 Å². The van der Waals surface area contributed by atoms with Crippen LogP contribution in [0.5, 0.6) is 0 Å². The van der Waals surface area contributed by atoms with Crippen molar-refractivity contribution < 1.29 is 9.53 Å². The van der Waals surface area contributed by atoms with Crippen LogP contribution in [0.15, 0.2) is 0 Å². The number of esters is 1. The van der Waals surface area contributed by atoms with Gasteiger partial charge in [-0.15, -0.1) is 0 Å². The van der Waals surface area contributed by atoms with Crippen LogP contribution in [-0.4, -0.2) is 17.4 Å². The van der Waals surface area contributed by atoms with Crippen LogP contribution in [0.3, 0.4) is 0 Å². The number of carbonyl (C=O) groups excluding carboxylic acids is 1. The Kier molecular flexibility index (Phi) is 4.06. The van der Waals surface area contributed by atoms with Gasteiger partial charge in [-0.05, 0) is 6.92 Å². The fourth-order valence-electron chi connectivity index (χ4n) is 0.268. The fourth-order valence-corrected chi connectivity index (χ4v) is 0.400. The van der Waals surface area contributed by atoms with E-state index in [1.54, 1.807) is 13.0 Å². The first-order chi connectivity index (χ1) is 4.22. The smallest absolute Gasteiger partial charge is 0.334 e. The van der Waals surface area contributed by atoms with E-state index in [2.05, 4.69) is 20.7 Å². The number of hydrogen-bond acceptors (Lipinski definition) is 3. The van der Waals surface area contributed by atoms with Crippen LogP contribution in [-0.2, 0) is 9.53 Å². The highest BCUT2D eigenvalue weighted by atomic mass is 79.9. The number of ether oxygens (including phenoxy) is 1. The second kappa shape index (κ2) is 4.33. The van der Waals surface area contributed by atoms with Gasteiger partial charge in [0.05, 0.1) is 12.7 Å². The van der Waals surface area contributed by atoms with Gasteiger partial charge in [0.1, 0.15) is 0 Å².